The molecule has 1 rings (SSSR count). The standard InChI is InChI=1S/C17H26NO.ClH/c1-11(18)15(19)12-8-13(16(2,3)4)10-14(9-12)17(5,6)7;/h8-9,11H,18H2,1-7H3;1H. The molecule has 0 heterocycles. The van der Waals surface area contributed by atoms with Crippen molar-refractivity contribution in [2.75, 3.05) is 0 Å². The molecule has 2 N–H and O–H groups in total. The number of Topliss-reactive ketones (excluding diaryl/α,β-unsaturated/α-hetero) is 1. The summed E-state index contributed by atoms with van der Waals surface area (Å²) in [6.45, 7) is 14.5. The molecule has 0 amide bonds. The molecule has 0 saturated carbocycles. The molecule has 113 valence electrons. The first-order chi connectivity index (χ1) is 8.43. The van der Waals surface area contributed by atoms with Gasteiger partial charge in [0.15, 0.2) is 5.78 Å². The van der Waals surface area contributed by atoms with E-state index < -0.39 is 6.04 Å². The number of hydrogen-bond acceptors (Lipinski definition) is 2. The van der Waals surface area contributed by atoms with E-state index in [1.165, 1.54) is 0 Å². The molecular weight excluding hydrogens is 270 g/mol. The average molecular weight is 297 g/mol. The number of hydrogen-bond donors (Lipinski definition) is 1. The van der Waals surface area contributed by atoms with Gasteiger partial charge in [0.1, 0.15) is 0 Å². The number of rotatable bonds is 2. The minimum Gasteiger partial charge on any atom is -0.321 e. The van der Waals surface area contributed by atoms with Crippen molar-refractivity contribution in [2.24, 2.45) is 5.73 Å². The van der Waals surface area contributed by atoms with Gasteiger partial charge in [-0.1, -0.05) is 41.5 Å². The Labute approximate surface area is 129 Å². The van der Waals surface area contributed by atoms with Crippen molar-refractivity contribution < 1.29 is 4.79 Å². The van der Waals surface area contributed by atoms with Gasteiger partial charge in [0, 0.05) is 5.56 Å². The summed E-state index contributed by atoms with van der Waals surface area (Å²) in [5.74, 6) is -0.00926. The van der Waals surface area contributed by atoms with Crippen LogP contribution in [0.25, 0.3) is 0 Å². The van der Waals surface area contributed by atoms with E-state index in [0.29, 0.717) is 5.56 Å². The molecule has 2 nitrogen and oxygen atoms in total. The van der Waals surface area contributed by atoms with E-state index in [2.05, 4.69) is 47.6 Å². The molecule has 0 aliphatic heterocycles. The molecule has 1 radical (unpaired) electrons. The van der Waals surface area contributed by atoms with E-state index >= 15 is 0 Å². The highest BCUT2D eigenvalue weighted by atomic mass is 35.5. The van der Waals surface area contributed by atoms with Crippen LogP contribution in [0, 0.1) is 6.07 Å². The Bertz CT molecular complexity index is 446. The van der Waals surface area contributed by atoms with Gasteiger partial charge in [-0.2, -0.15) is 0 Å². The lowest BCUT2D eigenvalue weighted by Crippen LogP contribution is -2.28. The van der Waals surface area contributed by atoms with Crippen molar-refractivity contribution in [3.05, 3.63) is 34.9 Å². The molecule has 3 heteroatoms. The number of halogens is 1. The third kappa shape index (κ3) is 4.60. The Hall–Kier alpha value is -0.860. The molecular formula is C17H27ClNO. The van der Waals surface area contributed by atoms with E-state index in [9.17, 15) is 4.79 Å². The smallest absolute Gasteiger partial charge is 0.179 e. The molecule has 0 fully saturated rings. The normalized spacial score (nSPS) is 13.6. The zero-order valence-corrected chi connectivity index (χ0v) is 14.4. The Morgan fingerprint density at radius 2 is 1.40 bits per heavy atom. The van der Waals surface area contributed by atoms with Crippen LogP contribution in [0.4, 0.5) is 0 Å². The van der Waals surface area contributed by atoms with E-state index in [1.807, 2.05) is 12.1 Å². The summed E-state index contributed by atoms with van der Waals surface area (Å²) >= 11 is 0. The van der Waals surface area contributed by atoms with Crippen molar-refractivity contribution in [1.29, 1.82) is 0 Å². The van der Waals surface area contributed by atoms with E-state index in [1.54, 1.807) is 6.92 Å². The molecule has 1 unspecified atom stereocenters. The minimum atomic E-state index is -0.469. The maximum Gasteiger partial charge on any atom is 0.179 e. The first-order valence-electron chi connectivity index (χ1n) is 6.81. The quantitative estimate of drug-likeness (QED) is 0.837. The molecule has 0 bridgehead atoms. The number of benzene rings is 1. The second-order valence-corrected chi connectivity index (χ2v) is 7.35. The molecule has 1 aromatic carbocycles. The maximum absolute atomic E-state index is 12.2. The summed E-state index contributed by atoms with van der Waals surface area (Å²) < 4.78 is 0. The Morgan fingerprint density at radius 1 is 1.05 bits per heavy atom. The highest BCUT2D eigenvalue weighted by molar-refractivity contribution is 6.00. The van der Waals surface area contributed by atoms with Crippen LogP contribution in [-0.2, 0) is 10.8 Å². The molecule has 20 heavy (non-hydrogen) atoms. The molecule has 0 aromatic heterocycles. The van der Waals surface area contributed by atoms with Crippen LogP contribution in [0.2, 0.25) is 0 Å². The van der Waals surface area contributed by atoms with Gasteiger partial charge in [-0.3, -0.25) is 4.79 Å². The van der Waals surface area contributed by atoms with Gasteiger partial charge in [0.2, 0.25) is 0 Å². The summed E-state index contributed by atoms with van der Waals surface area (Å²) in [6, 6.07) is 6.86. The summed E-state index contributed by atoms with van der Waals surface area (Å²) in [5.41, 5.74) is 8.48. The largest absolute Gasteiger partial charge is 0.321 e. The van der Waals surface area contributed by atoms with Gasteiger partial charge in [-0.05, 0) is 47.1 Å². The predicted molar refractivity (Wildman–Crippen MR) is 87.9 cm³/mol. The predicted octanol–water partition coefficient (Wildman–Crippen LogP) is 4.03. The molecule has 0 saturated heterocycles. The van der Waals surface area contributed by atoms with Gasteiger partial charge in [0.05, 0.1) is 6.04 Å². The monoisotopic (exact) mass is 296 g/mol. The van der Waals surface area contributed by atoms with Crippen LogP contribution < -0.4 is 5.73 Å². The lowest BCUT2D eigenvalue weighted by Gasteiger charge is -2.25. The first-order valence-corrected chi connectivity index (χ1v) is 6.81. The fourth-order valence-electron chi connectivity index (χ4n) is 1.78. The van der Waals surface area contributed by atoms with Gasteiger partial charge >= 0.3 is 0 Å². The van der Waals surface area contributed by atoms with Gasteiger partial charge in [0.25, 0.3) is 0 Å². The lowest BCUT2D eigenvalue weighted by atomic mass is 9.79. The molecule has 1 aromatic rings. The van der Waals surface area contributed by atoms with Crippen LogP contribution in [-0.4, -0.2) is 11.8 Å². The van der Waals surface area contributed by atoms with Crippen molar-refractivity contribution in [3.63, 3.8) is 0 Å². The van der Waals surface area contributed by atoms with Crippen LogP contribution in [0.3, 0.4) is 0 Å². The van der Waals surface area contributed by atoms with Crippen molar-refractivity contribution >= 4 is 18.2 Å². The van der Waals surface area contributed by atoms with Gasteiger partial charge in [-0.25, -0.2) is 0 Å². The zero-order valence-electron chi connectivity index (χ0n) is 13.6. The van der Waals surface area contributed by atoms with Crippen LogP contribution >= 0.6 is 12.4 Å². The molecule has 0 spiro atoms. The van der Waals surface area contributed by atoms with Crippen molar-refractivity contribution in [1.82, 2.24) is 0 Å². The highest BCUT2D eigenvalue weighted by Crippen LogP contribution is 2.30. The average Bonchev–Trinajstić information content (AvgIpc) is 2.24. The second-order valence-electron chi connectivity index (χ2n) is 7.35. The number of carbonyl (C=O) groups excluding carboxylic acids is 1. The molecule has 0 aliphatic rings. The molecule has 1 atom stereocenters. The van der Waals surface area contributed by atoms with Crippen LogP contribution in [0.5, 0.6) is 0 Å². The Kier molecular flexibility index (Phi) is 6.01. The number of ketones is 1. The summed E-state index contributed by atoms with van der Waals surface area (Å²) in [7, 11) is 0. The number of nitrogens with two attached hydrogens (primary N) is 1. The van der Waals surface area contributed by atoms with E-state index in [4.69, 9.17) is 5.73 Å². The van der Waals surface area contributed by atoms with Crippen molar-refractivity contribution in [2.45, 2.75) is 65.3 Å². The van der Waals surface area contributed by atoms with E-state index in [-0.39, 0.29) is 29.0 Å². The summed E-state index contributed by atoms with van der Waals surface area (Å²) in [5, 5.41) is 0. The fraction of sp³-hybridized carbons (Fsp3) is 0.588. The Balaban J connectivity index is 0.00000361. The lowest BCUT2D eigenvalue weighted by molar-refractivity contribution is 0.0967. The molecule has 0 aliphatic carbocycles. The highest BCUT2D eigenvalue weighted by Gasteiger charge is 2.23. The fourth-order valence-corrected chi connectivity index (χ4v) is 1.78. The summed E-state index contributed by atoms with van der Waals surface area (Å²) in [4.78, 5) is 12.2. The zero-order chi connectivity index (χ0) is 15.0. The Morgan fingerprint density at radius 3 is 1.65 bits per heavy atom. The summed E-state index contributed by atoms with van der Waals surface area (Å²) in [6.07, 6.45) is 0. The van der Waals surface area contributed by atoms with Crippen LogP contribution in [0.1, 0.15) is 70.0 Å². The van der Waals surface area contributed by atoms with Crippen LogP contribution in [0.15, 0.2) is 12.1 Å². The SMILES string of the molecule is CC(N)C(=O)c1cc(C(C)(C)C)[c]c(C(C)(C)C)c1.Cl. The minimum absolute atomic E-state index is 0. The second kappa shape index (κ2) is 6.28. The third-order valence-electron chi connectivity index (χ3n) is 3.18. The topological polar surface area (TPSA) is 43.1 Å². The maximum atomic E-state index is 12.2. The first kappa shape index (κ1) is 19.1. The number of carbonyl (C=O) groups is 1. The van der Waals surface area contributed by atoms with Crippen molar-refractivity contribution in [3.8, 4) is 0 Å². The van der Waals surface area contributed by atoms with Gasteiger partial charge in [-0.15, -0.1) is 12.4 Å². The van der Waals surface area contributed by atoms with E-state index in [0.717, 1.165) is 11.1 Å². The van der Waals surface area contributed by atoms with Gasteiger partial charge < -0.3 is 5.73 Å². The third-order valence-corrected chi connectivity index (χ3v) is 3.18.